The minimum atomic E-state index is -2.58. The molecule has 0 spiro atoms. The highest BCUT2D eigenvalue weighted by Crippen LogP contribution is 2.19. The van der Waals surface area contributed by atoms with Crippen LogP contribution in [0.5, 0.6) is 0 Å². The van der Waals surface area contributed by atoms with Gasteiger partial charge in [0.15, 0.2) is 0 Å². The molecule has 0 N–H and O–H groups in total. The van der Waals surface area contributed by atoms with E-state index >= 15 is 0 Å². The van der Waals surface area contributed by atoms with Gasteiger partial charge in [0.2, 0.25) is 0 Å². The second kappa shape index (κ2) is 27.4. The van der Waals surface area contributed by atoms with Crippen LogP contribution >= 0.6 is 12.6 Å². The van der Waals surface area contributed by atoms with Crippen LogP contribution in [-0.2, 0) is 13.3 Å². The van der Waals surface area contributed by atoms with Gasteiger partial charge in [-0.1, -0.05) is 104 Å². The van der Waals surface area contributed by atoms with Crippen LogP contribution in [0.2, 0.25) is 6.04 Å². The summed E-state index contributed by atoms with van der Waals surface area (Å²) in [6, 6.07) is 0.869. The number of unbranched alkanes of at least 4 members (excludes halogenated alkanes) is 14. The third kappa shape index (κ3) is 22.1. The summed E-state index contributed by atoms with van der Waals surface area (Å²) >= 11 is 4.40. The molecular weight excluding hydrogens is 470 g/mol. The van der Waals surface area contributed by atoms with E-state index in [0.717, 1.165) is 24.8 Å². The third-order valence-electron chi connectivity index (χ3n) is 6.75. The van der Waals surface area contributed by atoms with Gasteiger partial charge in [-0.15, -0.1) is 0 Å². The lowest BCUT2D eigenvalue weighted by Gasteiger charge is -2.30. The van der Waals surface area contributed by atoms with Crippen molar-refractivity contribution in [3.05, 3.63) is 0 Å². The Morgan fingerprint density at radius 3 is 1.34 bits per heavy atom. The quantitative estimate of drug-likeness (QED) is 0.0590. The average molecular weight is 534 g/mol. The Balaban J connectivity index is 4.48. The Labute approximate surface area is 227 Å². The fraction of sp³-hybridized carbons (Fsp3) is 1.00. The third-order valence-corrected chi connectivity index (χ3v) is 10.1. The van der Waals surface area contributed by atoms with E-state index in [1.807, 2.05) is 13.8 Å². The van der Waals surface area contributed by atoms with Crippen LogP contribution in [0.4, 0.5) is 0 Å². The predicted molar refractivity (Wildman–Crippen MR) is 160 cm³/mol. The zero-order valence-electron chi connectivity index (χ0n) is 24.3. The fourth-order valence-corrected chi connectivity index (χ4v) is 7.71. The normalized spacial score (nSPS) is 12.2. The molecule has 6 heteroatoms. The van der Waals surface area contributed by atoms with Crippen molar-refractivity contribution in [3.8, 4) is 0 Å². The van der Waals surface area contributed by atoms with Crippen LogP contribution in [0.3, 0.4) is 0 Å². The first kappa shape index (κ1) is 35.4. The van der Waals surface area contributed by atoms with Crippen molar-refractivity contribution in [3.63, 3.8) is 0 Å². The second-order valence-corrected chi connectivity index (χ2v) is 13.2. The van der Waals surface area contributed by atoms with Crippen molar-refractivity contribution in [2.75, 3.05) is 45.2 Å². The molecule has 35 heavy (non-hydrogen) atoms. The molecule has 0 heterocycles. The van der Waals surface area contributed by atoms with Crippen molar-refractivity contribution < 1.29 is 13.3 Å². The zero-order valence-corrected chi connectivity index (χ0v) is 26.2. The van der Waals surface area contributed by atoms with Gasteiger partial charge in [-0.25, -0.2) is 0 Å². The number of thiol groups is 1. The minimum Gasteiger partial charge on any atom is -0.374 e. The lowest BCUT2D eigenvalue weighted by Crippen LogP contribution is -2.47. The van der Waals surface area contributed by atoms with Crippen LogP contribution in [0.25, 0.3) is 0 Å². The standard InChI is InChI=1S/C29H63NO3SSi/c1-5-9-11-13-15-17-19-21-24-30(25-22-20-18-16-14-12-10-6-2)26-27-33-35(31-7-3,32-8-4)29-23-28-34/h34H,5-29H2,1-4H3. The highest BCUT2D eigenvalue weighted by Gasteiger charge is 2.39. The summed E-state index contributed by atoms with van der Waals surface area (Å²) in [7, 11) is -2.58. The van der Waals surface area contributed by atoms with Crippen molar-refractivity contribution in [1.29, 1.82) is 0 Å². The molecule has 0 unspecified atom stereocenters. The van der Waals surface area contributed by atoms with Gasteiger partial charge in [-0.3, -0.25) is 0 Å². The topological polar surface area (TPSA) is 30.9 Å². The monoisotopic (exact) mass is 533 g/mol. The number of nitrogens with zero attached hydrogens (tertiary/aromatic N) is 1. The molecule has 0 bridgehead atoms. The first-order valence-corrected chi connectivity index (χ1v) is 18.0. The Morgan fingerprint density at radius 1 is 0.514 bits per heavy atom. The molecule has 0 fully saturated rings. The van der Waals surface area contributed by atoms with E-state index in [2.05, 4.69) is 31.4 Å². The second-order valence-electron chi connectivity index (χ2n) is 10.0. The number of hydrogen-bond donors (Lipinski definition) is 1. The molecule has 0 amide bonds. The minimum absolute atomic E-state index is 0.652. The van der Waals surface area contributed by atoms with Crippen LogP contribution < -0.4 is 0 Å². The highest BCUT2D eigenvalue weighted by atomic mass is 32.1. The van der Waals surface area contributed by atoms with Gasteiger partial charge in [-0.05, 0) is 52.0 Å². The van der Waals surface area contributed by atoms with Gasteiger partial charge in [0.25, 0.3) is 0 Å². The summed E-state index contributed by atoms with van der Waals surface area (Å²) < 4.78 is 18.6. The van der Waals surface area contributed by atoms with Gasteiger partial charge in [0.1, 0.15) is 0 Å². The number of rotatable bonds is 29. The summed E-state index contributed by atoms with van der Waals surface area (Å²) in [6.07, 6.45) is 23.0. The molecular formula is C29H63NO3SSi. The molecule has 0 radical (unpaired) electrons. The molecule has 0 aliphatic heterocycles. The van der Waals surface area contributed by atoms with E-state index in [1.165, 1.54) is 116 Å². The van der Waals surface area contributed by atoms with Crippen molar-refractivity contribution in [2.24, 2.45) is 0 Å². The summed E-state index contributed by atoms with van der Waals surface area (Å²) in [5, 5.41) is 0. The largest absolute Gasteiger partial charge is 0.501 e. The summed E-state index contributed by atoms with van der Waals surface area (Å²) in [4.78, 5) is 2.64. The van der Waals surface area contributed by atoms with Gasteiger partial charge in [0.05, 0.1) is 6.61 Å². The molecule has 0 aromatic heterocycles. The molecule has 0 rings (SSSR count). The summed E-state index contributed by atoms with van der Waals surface area (Å²) in [5.74, 6) is 0.848. The number of hydrogen-bond acceptors (Lipinski definition) is 5. The van der Waals surface area contributed by atoms with E-state index < -0.39 is 8.80 Å². The van der Waals surface area contributed by atoms with Crippen LogP contribution in [0.15, 0.2) is 0 Å². The van der Waals surface area contributed by atoms with Gasteiger partial charge in [0, 0.05) is 25.8 Å². The van der Waals surface area contributed by atoms with Crippen molar-refractivity contribution in [1.82, 2.24) is 4.90 Å². The van der Waals surface area contributed by atoms with Gasteiger partial charge >= 0.3 is 8.80 Å². The molecule has 0 aromatic carbocycles. The van der Waals surface area contributed by atoms with E-state index in [9.17, 15) is 0 Å². The van der Waals surface area contributed by atoms with Crippen LogP contribution in [0.1, 0.15) is 137 Å². The molecule has 0 aromatic rings. The van der Waals surface area contributed by atoms with E-state index in [1.54, 1.807) is 0 Å². The van der Waals surface area contributed by atoms with E-state index in [0.29, 0.717) is 19.8 Å². The highest BCUT2D eigenvalue weighted by molar-refractivity contribution is 7.80. The van der Waals surface area contributed by atoms with Gasteiger partial charge < -0.3 is 18.2 Å². The predicted octanol–water partition coefficient (Wildman–Crippen LogP) is 8.92. The van der Waals surface area contributed by atoms with E-state index in [-0.39, 0.29) is 0 Å². The maximum absolute atomic E-state index is 6.43. The van der Waals surface area contributed by atoms with Crippen molar-refractivity contribution >= 4 is 21.4 Å². The first-order chi connectivity index (χ1) is 17.2. The molecule has 0 atom stereocenters. The lowest BCUT2D eigenvalue weighted by molar-refractivity contribution is 0.0578. The molecule has 0 aliphatic carbocycles. The SMILES string of the molecule is CCCCCCCCCCN(CCCCCCCCCC)CCO[Si](CCCS)(OCC)OCC. The fourth-order valence-electron chi connectivity index (χ4n) is 4.68. The zero-order chi connectivity index (χ0) is 25.9. The maximum Gasteiger partial charge on any atom is 0.501 e. The van der Waals surface area contributed by atoms with Crippen LogP contribution in [0, 0.1) is 0 Å². The average Bonchev–Trinajstić information content (AvgIpc) is 2.85. The Bertz CT molecular complexity index is 391. The summed E-state index contributed by atoms with van der Waals surface area (Å²) in [6.45, 7) is 14.1. The first-order valence-electron chi connectivity index (χ1n) is 15.4. The van der Waals surface area contributed by atoms with Gasteiger partial charge in [-0.2, -0.15) is 12.6 Å². The Kier molecular flexibility index (Phi) is 27.8. The van der Waals surface area contributed by atoms with E-state index in [4.69, 9.17) is 13.3 Å². The molecule has 212 valence electrons. The lowest BCUT2D eigenvalue weighted by atomic mass is 10.1. The van der Waals surface area contributed by atoms with Crippen LogP contribution in [-0.4, -0.2) is 58.9 Å². The molecule has 0 aliphatic rings. The maximum atomic E-state index is 6.43. The van der Waals surface area contributed by atoms with Crippen molar-refractivity contribution in [2.45, 2.75) is 143 Å². The Morgan fingerprint density at radius 2 is 0.943 bits per heavy atom. The molecule has 0 saturated carbocycles. The Hall–Kier alpha value is 0.407. The summed E-state index contributed by atoms with van der Waals surface area (Å²) in [5.41, 5.74) is 0. The molecule has 0 saturated heterocycles. The molecule has 4 nitrogen and oxygen atoms in total. The smallest absolute Gasteiger partial charge is 0.374 e.